The lowest BCUT2D eigenvalue weighted by Gasteiger charge is -2.35. The first kappa shape index (κ1) is 14.1. The van der Waals surface area contributed by atoms with Crippen molar-refractivity contribution in [3.05, 3.63) is 18.2 Å². The van der Waals surface area contributed by atoms with Crippen LogP contribution >= 0.6 is 0 Å². The molecule has 0 unspecified atom stereocenters. The summed E-state index contributed by atoms with van der Waals surface area (Å²) in [6.45, 7) is 3.54. The Bertz CT molecular complexity index is 566. The minimum atomic E-state index is -3.77. The van der Waals surface area contributed by atoms with Crippen molar-refractivity contribution >= 4 is 21.4 Å². The van der Waals surface area contributed by atoms with Crippen molar-refractivity contribution in [1.29, 1.82) is 0 Å². The third kappa shape index (κ3) is 3.37. The molecule has 1 aromatic carbocycles. The summed E-state index contributed by atoms with van der Waals surface area (Å²) in [5.41, 5.74) is 6.61. The molecule has 106 valence electrons. The van der Waals surface area contributed by atoms with Crippen molar-refractivity contribution in [2.45, 2.75) is 30.2 Å². The van der Waals surface area contributed by atoms with Crippen molar-refractivity contribution < 1.29 is 13.2 Å². The molecule has 1 aliphatic heterocycles. The van der Waals surface area contributed by atoms with Crippen LogP contribution < -0.4 is 16.2 Å². The highest BCUT2D eigenvalue weighted by atomic mass is 32.2. The Morgan fingerprint density at radius 2 is 1.95 bits per heavy atom. The largest absolute Gasteiger partial charge is 0.398 e. The molecule has 0 radical (unpaired) electrons. The van der Waals surface area contributed by atoms with Gasteiger partial charge in [0.1, 0.15) is 4.90 Å². The molecule has 1 aliphatic rings. The highest BCUT2D eigenvalue weighted by Crippen LogP contribution is 2.28. The quantitative estimate of drug-likeness (QED) is 0.715. The van der Waals surface area contributed by atoms with Gasteiger partial charge in [0.15, 0.2) is 0 Å². The lowest BCUT2D eigenvalue weighted by atomic mass is 9.92. The van der Waals surface area contributed by atoms with Crippen LogP contribution in [0.4, 0.5) is 11.4 Å². The molecule has 0 spiro atoms. The number of anilines is 2. The second-order valence-corrected chi connectivity index (χ2v) is 6.63. The number of rotatable bonds is 3. The third-order valence-corrected chi connectivity index (χ3v) is 4.34. The maximum Gasteiger partial charge on any atom is 0.240 e. The first-order valence-corrected chi connectivity index (χ1v) is 7.63. The number of nitrogens with one attached hydrogen (secondary N) is 1. The fraction of sp³-hybridized carbons (Fsp3) is 0.500. The second-order valence-electron chi connectivity index (χ2n) is 5.10. The Labute approximate surface area is 113 Å². The van der Waals surface area contributed by atoms with Crippen LogP contribution in [0.1, 0.15) is 19.8 Å². The molecular weight excluding hydrogens is 266 g/mol. The Morgan fingerprint density at radius 3 is 2.47 bits per heavy atom. The van der Waals surface area contributed by atoms with Gasteiger partial charge in [-0.25, -0.2) is 13.6 Å². The number of nitrogens with two attached hydrogens (primary N) is 2. The molecule has 0 atom stereocenters. The smallest absolute Gasteiger partial charge is 0.240 e. The lowest BCUT2D eigenvalue weighted by Crippen LogP contribution is -2.40. The Morgan fingerprint density at radius 1 is 1.32 bits per heavy atom. The van der Waals surface area contributed by atoms with Gasteiger partial charge in [0, 0.05) is 24.4 Å². The summed E-state index contributed by atoms with van der Waals surface area (Å²) in [5, 5.41) is 8.45. The topological polar surface area (TPSA) is 107 Å². The van der Waals surface area contributed by atoms with Crippen molar-refractivity contribution in [3.63, 3.8) is 0 Å². The van der Waals surface area contributed by atoms with Crippen LogP contribution in [0, 0.1) is 0 Å². The van der Waals surface area contributed by atoms with Crippen molar-refractivity contribution in [2.24, 2.45) is 5.14 Å². The summed E-state index contributed by atoms with van der Waals surface area (Å²) < 4.78 is 27.9. The molecule has 0 saturated carbocycles. The summed E-state index contributed by atoms with van der Waals surface area (Å²) in [6, 6.07) is 4.70. The summed E-state index contributed by atoms with van der Waals surface area (Å²) in [4.78, 5) is -0.0461. The van der Waals surface area contributed by atoms with Crippen LogP contribution in [0.2, 0.25) is 0 Å². The van der Waals surface area contributed by atoms with Crippen molar-refractivity contribution in [3.8, 4) is 0 Å². The number of sulfonamides is 1. The third-order valence-electron chi connectivity index (χ3n) is 3.36. The van der Waals surface area contributed by atoms with Gasteiger partial charge >= 0.3 is 0 Å². The van der Waals surface area contributed by atoms with Crippen LogP contribution in [0.15, 0.2) is 23.1 Å². The number of nitrogen functional groups attached to an aromatic ring is 1. The van der Waals surface area contributed by atoms with Gasteiger partial charge in [-0.3, -0.25) is 0 Å². The van der Waals surface area contributed by atoms with E-state index in [1.807, 2.05) is 0 Å². The van der Waals surface area contributed by atoms with Gasteiger partial charge in [0.05, 0.1) is 5.69 Å². The Kier molecular flexibility index (Phi) is 3.71. The maximum absolute atomic E-state index is 11.3. The Balaban J connectivity index is 2.21. The van der Waals surface area contributed by atoms with E-state index >= 15 is 0 Å². The van der Waals surface area contributed by atoms with Gasteiger partial charge in [-0.1, -0.05) is 0 Å². The number of primary sulfonamides is 1. The molecule has 0 amide bonds. The number of ether oxygens (including phenoxy) is 1. The van der Waals surface area contributed by atoms with E-state index in [0.717, 1.165) is 18.5 Å². The van der Waals surface area contributed by atoms with Gasteiger partial charge < -0.3 is 15.8 Å². The molecule has 0 aliphatic carbocycles. The minimum absolute atomic E-state index is 0.0461. The number of benzene rings is 1. The predicted octanol–water partition coefficient (Wildman–Crippen LogP) is 0.897. The lowest BCUT2D eigenvalue weighted by molar-refractivity contribution is 0.0658. The fourth-order valence-corrected chi connectivity index (χ4v) is 2.83. The van der Waals surface area contributed by atoms with Gasteiger partial charge in [0.2, 0.25) is 10.0 Å². The monoisotopic (exact) mass is 285 g/mol. The van der Waals surface area contributed by atoms with E-state index in [1.165, 1.54) is 6.07 Å². The first-order valence-electron chi connectivity index (χ1n) is 6.08. The van der Waals surface area contributed by atoms with Gasteiger partial charge in [-0.05, 0) is 38.0 Å². The molecule has 5 N–H and O–H groups in total. The highest BCUT2D eigenvalue weighted by molar-refractivity contribution is 7.89. The van der Waals surface area contributed by atoms with E-state index in [2.05, 4.69) is 12.2 Å². The van der Waals surface area contributed by atoms with Gasteiger partial charge in [-0.2, -0.15) is 0 Å². The highest BCUT2D eigenvalue weighted by Gasteiger charge is 2.27. The molecule has 1 heterocycles. The van der Waals surface area contributed by atoms with Crippen LogP contribution in [0.5, 0.6) is 0 Å². The summed E-state index contributed by atoms with van der Waals surface area (Å²) >= 11 is 0. The zero-order valence-corrected chi connectivity index (χ0v) is 11.7. The van der Waals surface area contributed by atoms with Crippen molar-refractivity contribution in [1.82, 2.24) is 0 Å². The molecule has 0 aromatic heterocycles. The normalized spacial score (nSPS) is 19.1. The molecule has 19 heavy (non-hydrogen) atoms. The average molecular weight is 285 g/mol. The molecular formula is C12H19N3O3S. The summed E-state index contributed by atoms with van der Waals surface area (Å²) in [6.07, 6.45) is 1.79. The fourth-order valence-electron chi connectivity index (χ4n) is 2.18. The Hall–Kier alpha value is -1.31. The number of hydrogen-bond donors (Lipinski definition) is 3. The summed E-state index contributed by atoms with van der Waals surface area (Å²) in [5.74, 6) is 0. The maximum atomic E-state index is 11.3. The second kappa shape index (κ2) is 4.99. The van der Waals surface area contributed by atoms with E-state index in [1.54, 1.807) is 12.1 Å². The summed E-state index contributed by atoms with van der Waals surface area (Å²) in [7, 11) is -3.77. The molecule has 1 aromatic rings. The SMILES string of the molecule is CC1(Nc2ccc(S(N)(=O)=O)c(N)c2)CCOCC1. The van der Waals surface area contributed by atoms with E-state index in [9.17, 15) is 8.42 Å². The van der Waals surface area contributed by atoms with E-state index in [4.69, 9.17) is 15.6 Å². The van der Waals surface area contributed by atoms with E-state index in [0.29, 0.717) is 13.2 Å². The predicted molar refractivity (Wildman–Crippen MR) is 74.3 cm³/mol. The van der Waals surface area contributed by atoms with E-state index < -0.39 is 10.0 Å². The zero-order chi connectivity index (χ0) is 14.1. The van der Waals surface area contributed by atoms with Crippen LogP contribution in [-0.4, -0.2) is 27.2 Å². The van der Waals surface area contributed by atoms with Gasteiger partial charge in [0.25, 0.3) is 0 Å². The van der Waals surface area contributed by atoms with Crippen LogP contribution in [0.3, 0.4) is 0 Å². The number of hydrogen-bond acceptors (Lipinski definition) is 5. The first-order chi connectivity index (χ1) is 8.80. The van der Waals surface area contributed by atoms with Gasteiger partial charge in [-0.15, -0.1) is 0 Å². The average Bonchev–Trinajstić information content (AvgIpc) is 2.27. The molecule has 7 heteroatoms. The molecule has 1 fully saturated rings. The van der Waals surface area contributed by atoms with Crippen LogP contribution in [0.25, 0.3) is 0 Å². The standard InChI is InChI=1S/C12H19N3O3S/c1-12(4-6-18-7-5-12)15-9-2-3-11(10(13)8-9)19(14,16)17/h2-3,8,15H,4-7,13H2,1H3,(H2,14,16,17). The molecule has 1 saturated heterocycles. The molecule has 0 bridgehead atoms. The van der Waals surface area contributed by atoms with Crippen molar-refractivity contribution in [2.75, 3.05) is 24.3 Å². The van der Waals surface area contributed by atoms with Crippen LogP contribution in [-0.2, 0) is 14.8 Å². The van der Waals surface area contributed by atoms with E-state index in [-0.39, 0.29) is 16.1 Å². The zero-order valence-electron chi connectivity index (χ0n) is 10.8. The molecule has 6 nitrogen and oxygen atoms in total. The minimum Gasteiger partial charge on any atom is -0.398 e. The molecule has 2 rings (SSSR count).